The highest BCUT2D eigenvalue weighted by molar-refractivity contribution is 14.1. The molecule has 1 heterocycles. The van der Waals surface area contributed by atoms with Crippen LogP contribution in [0.25, 0.3) is 0 Å². The van der Waals surface area contributed by atoms with E-state index >= 15 is 0 Å². The maximum absolute atomic E-state index is 12.2. The van der Waals surface area contributed by atoms with Gasteiger partial charge in [-0.25, -0.2) is 4.79 Å². The molecule has 5 nitrogen and oxygen atoms in total. The first kappa shape index (κ1) is 20.5. The molecule has 2 aromatic rings. The van der Waals surface area contributed by atoms with Crippen molar-refractivity contribution < 1.29 is 14.1 Å². The van der Waals surface area contributed by atoms with Gasteiger partial charge in [-0.15, -0.1) is 11.8 Å². The zero-order valence-electron chi connectivity index (χ0n) is 15.7. The summed E-state index contributed by atoms with van der Waals surface area (Å²) in [7, 11) is -0.417. The summed E-state index contributed by atoms with van der Waals surface area (Å²) in [5.74, 6) is 0. The van der Waals surface area contributed by atoms with Crippen molar-refractivity contribution in [2.24, 2.45) is 0 Å². The van der Waals surface area contributed by atoms with Crippen molar-refractivity contribution in [3.63, 3.8) is 0 Å². The lowest BCUT2D eigenvalue weighted by Gasteiger charge is -2.30. The zero-order valence-corrected chi connectivity index (χ0v) is 18.7. The van der Waals surface area contributed by atoms with Gasteiger partial charge in [-0.2, -0.15) is 0 Å². The number of carbonyl (C=O) groups is 1. The van der Waals surface area contributed by atoms with Gasteiger partial charge in [-0.05, 0) is 91.5 Å². The molecule has 0 radical (unpaired) electrons. The van der Waals surface area contributed by atoms with Crippen molar-refractivity contribution in [1.82, 2.24) is 0 Å². The first-order valence-corrected chi connectivity index (χ1v) is 10.9. The van der Waals surface area contributed by atoms with Gasteiger partial charge in [-0.3, -0.25) is 0 Å². The van der Waals surface area contributed by atoms with Crippen LogP contribution >= 0.6 is 34.4 Å². The number of hydrogen-bond donors (Lipinski definition) is 2. The molecule has 142 valence electrons. The van der Waals surface area contributed by atoms with Gasteiger partial charge in [0, 0.05) is 16.3 Å². The topological polar surface area (TPSA) is 59.6 Å². The van der Waals surface area contributed by atoms with Crippen molar-refractivity contribution >= 4 is 64.3 Å². The van der Waals surface area contributed by atoms with Crippen molar-refractivity contribution in [2.45, 2.75) is 34.9 Å². The SMILES string of the molecule is CSc1ccc(NC(=O)Nc2ccc(B3OC(C)(C)C(C)(I)O3)cc2)cc1. The first-order valence-electron chi connectivity index (χ1n) is 8.57. The van der Waals surface area contributed by atoms with Crippen molar-refractivity contribution in [3.05, 3.63) is 48.5 Å². The minimum Gasteiger partial charge on any atom is -0.398 e. The number of nitrogens with one attached hydrogen (secondary N) is 2. The molecule has 1 fully saturated rings. The van der Waals surface area contributed by atoms with Crippen LogP contribution in [0.3, 0.4) is 0 Å². The highest BCUT2D eigenvalue weighted by Crippen LogP contribution is 2.42. The Morgan fingerprint density at radius 3 is 1.93 bits per heavy atom. The number of rotatable bonds is 4. The van der Waals surface area contributed by atoms with Gasteiger partial charge < -0.3 is 19.9 Å². The van der Waals surface area contributed by atoms with E-state index in [1.807, 2.05) is 75.6 Å². The van der Waals surface area contributed by atoms with E-state index in [1.54, 1.807) is 11.8 Å². The average Bonchev–Trinajstić information content (AvgIpc) is 2.84. The molecule has 1 aliphatic rings. The monoisotopic (exact) mass is 496 g/mol. The van der Waals surface area contributed by atoms with E-state index in [-0.39, 0.29) is 11.6 Å². The molecule has 1 saturated heterocycles. The van der Waals surface area contributed by atoms with Crippen LogP contribution < -0.4 is 16.1 Å². The molecular formula is C19H22BIN2O3S. The second-order valence-corrected chi connectivity index (χ2v) is 9.86. The fourth-order valence-corrected chi connectivity index (χ4v) is 3.33. The Balaban J connectivity index is 1.60. The normalized spacial score (nSPS) is 21.1. The third-order valence-corrected chi connectivity index (χ3v) is 6.89. The summed E-state index contributed by atoms with van der Waals surface area (Å²) in [5, 5.41) is 5.65. The Kier molecular flexibility index (Phi) is 6.09. The number of halogens is 1. The van der Waals surface area contributed by atoms with Crippen LogP contribution in [-0.4, -0.2) is 28.6 Å². The summed E-state index contributed by atoms with van der Waals surface area (Å²) in [6.07, 6.45) is 2.02. The van der Waals surface area contributed by atoms with Gasteiger partial charge in [0.2, 0.25) is 0 Å². The summed E-state index contributed by atoms with van der Waals surface area (Å²) < 4.78 is 11.7. The summed E-state index contributed by atoms with van der Waals surface area (Å²) in [4.78, 5) is 13.3. The number of hydrogen-bond acceptors (Lipinski definition) is 4. The lowest BCUT2D eigenvalue weighted by molar-refractivity contribution is 0.0726. The van der Waals surface area contributed by atoms with Gasteiger partial charge in [-0.1, -0.05) is 12.1 Å². The maximum atomic E-state index is 12.2. The molecule has 1 aliphatic heterocycles. The van der Waals surface area contributed by atoms with E-state index in [0.717, 1.165) is 16.0 Å². The third-order valence-electron chi connectivity index (χ3n) is 4.59. The zero-order chi connectivity index (χ0) is 19.7. The van der Waals surface area contributed by atoms with Gasteiger partial charge >= 0.3 is 13.1 Å². The largest absolute Gasteiger partial charge is 0.495 e. The average molecular weight is 496 g/mol. The highest BCUT2D eigenvalue weighted by Gasteiger charge is 2.53. The fourth-order valence-electron chi connectivity index (χ4n) is 2.57. The van der Waals surface area contributed by atoms with E-state index in [4.69, 9.17) is 9.31 Å². The molecule has 2 aromatic carbocycles. The number of benzene rings is 2. The Morgan fingerprint density at radius 2 is 1.48 bits per heavy atom. The second kappa shape index (κ2) is 8.02. The van der Waals surface area contributed by atoms with Gasteiger partial charge in [0.1, 0.15) is 3.61 Å². The molecule has 1 atom stereocenters. The molecule has 3 rings (SSSR count). The summed E-state index contributed by atoms with van der Waals surface area (Å²) in [5.41, 5.74) is 1.98. The van der Waals surface area contributed by atoms with Crippen molar-refractivity contribution in [1.29, 1.82) is 0 Å². The molecule has 2 N–H and O–H groups in total. The summed E-state index contributed by atoms with van der Waals surface area (Å²) in [6.45, 7) is 6.05. The predicted octanol–water partition coefficient (Wildman–Crippen LogP) is 4.72. The van der Waals surface area contributed by atoms with Crippen LogP contribution in [0.5, 0.6) is 0 Å². The number of carbonyl (C=O) groups excluding carboxylic acids is 1. The quantitative estimate of drug-likeness (QED) is 0.279. The van der Waals surface area contributed by atoms with Crippen LogP contribution in [0.15, 0.2) is 53.4 Å². The number of amides is 2. The summed E-state index contributed by atoms with van der Waals surface area (Å²) >= 11 is 3.94. The van der Waals surface area contributed by atoms with Gasteiger partial charge in [0.15, 0.2) is 0 Å². The molecule has 27 heavy (non-hydrogen) atoms. The van der Waals surface area contributed by atoms with Crippen LogP contribution in [-0.2, 0) is 9.31 Å². The van der Waals surface area contributed by atoms with Crippen molar-refractivity contribution in [2.75, 3.05) is 16.9 Å². The smallest absolute Gasteiger partial charge is 0.398 e. The molecule has 2 amide bonds. The number of thioether (sulfide) groups is 1. The lowest BCUT2D eigenvalue weighted by Crippen LogP contribution is -2.38. The van der Waals surface area contributed by atoms with Crippen LogP contribution in [0.2, 0.25) is 0 Å². The lowest BCUT2D eigenvalue weighted by atomic mass is 9.79. The van der Waals surface area contributed by atoms with Gasteiger partial charge in [0.05, 0.1) is 5.60 Å². The molecule has 0 aliphatic carbocycles. The van der Waals surface area contributed by atoms with E-state index in [9.17, 15) is 4.79 Å². The van der Waals surface area contributed by atoms with E-state index in [1.165, 1.54) is 0 Å². The Bertz CT molecular complexity index is 797. The summed E-state index contributed by atoms with van der Waals surface area (Å²) in [6, 6.07) is 14.9. The Hall–Kier alpha value is -1.23. The molecule has 0 saturated carbocycles. The third kappa shape index (κ3) is 4.79. The number of alkyl halides is 1. The Morgan fingerprint density at radius 1 is 0.963 bits per heavy atom. The molecule has 0 aromatic heterocycles. The van der Waals surface area contributed by atoms with E-state index < -0.39 is 10.7 Å². The van der Waals surface area contributed by atoms with Crippen LogP contribution in [0.1, 0.15) is 20.8 Å². The fraction of sp³-hybridized carbons (Fsp3) is 0.316. The number of urea groups is 1. The van der Waals surface area contributed by atoms with Crippen LogP contribution in [0.4, 0.5) is 16.2 Å². The van der Waals surface area contributed by atoms with E-state index in [0.29, 0.717) is 5.69 Å². The number of anilines is 2. The predicted molar refractivity (Wildman–Crippen MR) is 121 cm³/mol. The minimum atomic E-state index is -0.417. The molecule has 0 spiro atoms. The second-order valence-electron chi connectivity index (χ2n) is 6.92. The molecule has 1 unspecified atom stereocenters. The molecular weight excluding hydrogens is 474 g/mol. The van der Waals surface area contributed by atoms with Crippen molar-refractivity contribution in [3.8, 4) is 0 Å². The molecule has 0 bridgehead atoms. The standard InChI is InChI=1S/C19H22BIN2O3S/c1-18(2)19(3,21)26-20(25-18)13-5-7-14(8-6-13)22-17(24)23-15-9-11-16(27-4)12-10-15/h5-12H,1-4H3,(H2,22,23,24). The minimum absolute atomic E-state index is 0.283. The highest BCUT2D eigenvalue weighted by atomic mass is 127. The molecule has 8 heteroatoms. The van der Waals surface area contributed by atoms with Crippen LogP contribution in [0, 0.1) is 0 Å². The maximum Gasteiger partial charge on any atom is 0.495 e. The van der Waals surface area contributed by atoms with E-state index in [2.05, 4.69) is 33.2 Å². The Labute approximate surface area is 178 Å². The van der Waals surface area contributed by atoms with Gasteiger partial charge in [0.25, 0.3) is 0 Å². The first-order chi connectivity index (χ1) is 12.7.